The lowest BCUT2D eigenvalue weighted by Gasteiger charge is -2.19. The Hall–Kier alpha value is -2.34. The lowest BCUT2D eigenvalue weighted by Crippen LogP contribution is -2.38. The van der Waals surface area contributed by atoms with Gasteiger partial charge in [-0.05, 0) is 42.2 Å². The molecule has 2 N–H and O–H groups in total. The first-order valence-electron chi connectivity index (χ1n) is 9.31. The van der Waals surface area contributed by atoms with Crippen LogP contribution in [0.15, 0.2) is 36.4 Å². The van der Waals surface area contributed by atoms with Gasteiger partial charge in [-0.25, -0.2) is 4.79 Å². The normalized spacial score (nSPS) is 28.7. The minimum atomic E-state index is -0.820. The molecule has 4 amide bonds. The van der Waals surface area contributed by atoms with Crippen molar-refractivity contribution in [3.8, 4) is 0 Å². The van der Waals surface area contributed by atoms with E-state index in [9.17, 15) is 14.4 Å². The van der Waals surface area contributed by atoms with E-state index >= 15 is 0 Å². The molecule has 27 heavy (non-hydrogen) atoms. The molecule has 1 heterocycles. The lowest BCUT2D eigenvalue weighted by atomic mass is 9.93. The van der Waals surface area contributed by atoms with Gasteiger partial charge in [-0.2, -0.15) is 0 Å². The van der Waals surface area contributed by atoms with Crippen LogP contribution in [0.1, 0.15) is 24.8 Å². The molecular weight excluding hydrogens is 366 g/mol. The van der Waals surface area contributed by atoms with E-state index in [1.54, 1.807) is 24.3 Å². The van der Waals surface area contributed by atoms with Crippen LogP contribution in [0.2, 0.25) is 5.02 Å². The van der Waals surface area contributed by atoms with E-state index in [0.29, 0.717) is 34.9 Å². The highest BCUT2D eigenvalue weighted by Crippen LogP contribution is 2.42. The monoisotopic (exact) mass is 387 g/mol. The molecule has 7 heteroatoms. The molecule has 0 radical (unpaired) electrons. The predicted molar refractivity (Wildman–Crippen MR) is 101 cm³/mol. The van der Waals surface area contributed by atoms with Gasteiger partial charge in [-0.1, -0.05) is 42.0 Å². The standard InChI is InChI=1S/C20H22ClN3O3/c21-16-4-2-1-3-14(16)11-24-19(26)17(23-20(24)27)9-18(25)22-10-15-8-12-5-6-13(15)7-12/h1-6,12-13,15,17H,7-11H2,(H,22,25)(H,23,27). The number of hydrogen-bond acceptors (Lipinski definition) is 3. The van der Waals surface area contributed by atoms with E-state index in [4.69, 9.17) is 11.6 Å². The Morgan fingerprint density at radius 3 is 2.74 bits per heavy atom. The first-order chi connectivity index (χ1) is 13.0. The van der Waals surface area contributed by atoms with Gasteiger partial charge in [0.2, 0.25) is 5.91 Å². The maximum absolute atomic E-state index is 12.5. The van der Waals surface area contributed by atoms with Crippen LogP contribution in [0.5, 0.6) is 0 Å². The molecule has 2 aliphatic carbocycles. The summed E-state index contributed by atoms with van der Waals surface area (Å²) in [7, 11) is 0. The van der Waals surface area contributed by atoms with Crippen LogP contribution >= 0.6 is 11.6 Å². The molecule has 4 unspecified atom stereocenters. The number of urea groups is 1. The molecule has 1 saturated carbocycles. The average molecular weight is 388 g/mol. The van der Waals surface area contributed by atoms with Crippen molar-refractivity contribution in [3.63, 3.8) is 0 Å². The Morgan fingerprint density at radius 1 is 1.22 bits per heavy atom. The van der Waals surface area contributed by atoms with Crippen LogP contribution < -0.4 is 10.6 Å². The maximum Gasteiger partial charge on any atom is 0.325 e. The summed E-state index contributed by atoms with van der Waals surface area (Å²) in [6.45, 7) is 0.725. The molecule has 6 nitrogen and oxygen atoms in total. The molecule has 1 aromatic rings. The molecule has 4 rings (SSSR count). The summed E-state index contributed by atoms with van der Waals surface area (Å²) in [6, 6.07) is 5.76. The van der Waals surface area contributed by atoms with Gasteiger partial charge in [0, 0.05) is 11.6 Å². The number of nitrogens with one attached hydrogen (secondary N) is 2. The van der Waals surface area contributed by atoms with Crippen LogP contribution in [0.3, 0.4) is 0 Å². The largest absolute Gasteiger partial charge is 0.356 e. The minimum Gasteiger partial charge on any atom is -0.356 e. The number of rotatable bonds is 6. The fraction of sp³-hybridized carbons (Fsp3) is 0.450. The number of halogens is 1. The quantitative estimate of drug-likeness (QED) is 0.581. The molecule has 2 bridgehead atoms. The topological polar surface area (TPSA) is 78.5 Å². The van der Waals surface area contributed by atoms with E-state index in [1.165, 1.54) is 6.42 Å². The fourth-order valence-electron chi connectivity index (χ4n) is 4.29. The van der Waals surface area contributed by atoms with Crippen molar-refractivity contribution < 1.29 is 14.4 Å². The molecule has 0 aromatic heterocycles. The SMILES string of the molecule is O=C(CC1NC(=O)N(Cc2ccccc2Cl)C1=O)NCC1CC2C=CC1C2. The van der Waals surface area contributed by atoms with Crippen molar-refractivity contribution >= 4 is 29.4 Å². The first-order valence-corrected chi connectivity index (χ1v) is 9.69. The molecule has 0 spiro atoms. The van der Waals surface area contributed by atoms with Gasteiger partial charge in [-0.15, -0.1) is 0 Å². The number of allylic oxidation sites excluding steroid dienone is 2. The number of imide groups is 1. The minimum absolute atomic E-state index is 0.0414. The molecular formula is C20H22ClN3O3. The zero-order valence-corrected chi connectivity index (χ0v) is 15.6. The van der Waals surface area contributed by atoms with Gasteiger partial charge in [0.25, 0.3) is 5.91 Å². The van der Waals surface area contributed by atoms with Gasteiger partial charge in [-0.3, -0.25) is 14.5 Å². The first kappa shape index (κ1) is 18.0. The Bertz CT molecular complexity index is 809. The summed E-state index contributed by atoms with van der Waals surface area (Å²) < 4.78 is 0. The van der Waals surface area contributed by atoms with Crippen molar-refractivity contribution in [2.45, 2.75) is 31.8 Å². The molecule has 142 valence electrons. The highest BCUT2D eigenvalue weighted by molar-refractivity contribution is 6.31. The zero-order valence-electron chi connectivity index (χ0n) is 14.9. The van der Waals surface area contributed by atoms with E-state index in [-0.39, 0.29) is 18.9 Å². The molecule has 3 aliphatic rings. The summed E-state index contributed by atoms with van der Waals surface area (Å²) in [4.78, 5) is 38.1. The predicted octanol–water partition coefficient (Wildman–Crippen LogP) is 2.48. The van der Waals surface area contributed by atoms with E-state index in [0.717, 1.165) is 11.3 Å². The summed E-state index contributed by atoms with van der Waals surface area (Å²) in [5.74, 6) is 1.10. The summed E-state index contributed by atoms with van der Waals surface area (Å²) in [6.07, 6.45) is 6.78. The van der Waals surface area contributed by atoms with Gasteiger partial charge in [0.05, 0.1) is 13.0 Å². The van der Waals surface area contributed by atoms with Crippen LogP contribution in [-0.2, 0) is 16.1 Å². The number of carbonyl (C=O) groups is 3. The van der Waals surface area contributed by atoms with Gasteiger partial charge in [0.15, 0.2) is 0 Å². The van der Waals surface area contributed by atoms with Crippen LogP contribution in [-0.4, -0.2) is 35.3 Å². The van der Waals surface area contributed by atoms with Crippen molar-refractivity contribution in [1.29, 1.82) is 0 Å². The maximum atomic E-state index is 12.5. The van der Waals surface area contributed by atoms with Gasteiger partial charge >= 0.3 is 6.03 Å². The molecule has 4 atom stereocenters. The third-order valence-corrected chi connectivity index (χ3v) is 6.13. The van der Waals surface area contributed by atoms with Crippen LogP contribution in [0.4, 0.5) is 4.79 Å². The molecule has 1 saturated heterocycles. The number of hydrogen-bond donors (Lipinski definition) is 2. The van der Waals surface area contributed by atoms with E-state index in [2.05, 4.69) is 22.8 Å². The zero-order chi connectivity index (χ0) is 19.0. The van der Waals surface area contributed by atoms with Crippen molar-refractivity contribution in [3.05, 3.63) is 47.0 Å². The number of benzene rings is 1. The molecule has 1 aromatic carbocycles. The van der Waals surface area contributed by atoms with Crippen LogP contribution in [0, 0.1) is 17.8 Å². The second-order valence-corrected chi connectivity index (χ2v) is 7.97. The average Bonchev–Trinajstić information content (AvgIpc) is 3.33. The van der Waals surface area contributed by atoms with Gasteiger partial charge < -0.3 is 10.6 Å². The highest BCUT2D eigenvalue weighted by atomic mass is 35.5. The summed E-state index contributed by atoms with van der Waals surface area (Å²) in [5, 5.41) is 6.03. The number of carbonyl (C=O) groups excluding carboxylic acids is 3. The van der Waals surface area contributed by atoms with Crippen molar-refractivity contribution in [2.75, 3.05) is 6.54 Å². The fourth-order valence-corrected chi connectivity index (χ4v) is 4.49. The van der Waals surface area contributed by atoms with Crippen LogP contribution in [0.25, 0.3) is 0 Å². The summed E-state index contributed by atoms with van der Waals surface area (Å²) in [5.41, 5.74) is 0.692. The second-order valence-electron chi connectivity index (χ2n) is 7.57. The Morgan fingerprint density at radius 2 is 2.04 bits per heavy atom. The second kappa shape index (κ2) is 7.35. The highest BCUT2D eigenvalue weighted by Gasteiger charge is 2.40. The van der Waals surface area contributed by atoms with Crippen molar-refractivity contribution in [2.24, 2.45) is 17.8 Å². The molecule has 1 aliphatic heterocycles. The molecule has 2 fully saturated rings. The van der Waals surface area contributed by atoms with Gasteiger partial charge in [0.1, 0.15) is 6.04 Å². The number of amides is 4. The third kappa shape index (κ3) is 3.72. The lowest BCUT2D eigenvalue weighted by molar-refractivity contribution is -0.131. The number of fused-ring (bicyclic) bond motifs is 2. The Kier molecular flexibility index (Phi) is 4.91. The Labute approximate surface area is 162 Å². The van der Waals surface area contributed by atoms with E-state index < -0.39 is 18.0 Å². The van der Waals surface area contributed by atoms with E-state index in [1.807, 2.05) is 0 Å². The summed E-state index contributed by atoms with van der Waals surface area (Å²) >= 11 is 6.11. The van der Waals surface area contributed by atoms with Crippen molar-refractivity contribution in [1.82, 2.24) is 15.5 Å². The Balaban J connectivity index is 1.30. The third-order valence-electron chi connectivity index (χ3n) is 5.76. The number of nitrogens with zero attached hydrogens (tertiary/aromatic N) is 1. The smallest absolute Gasteiger partial charge is 0.325 e.